The highest BCUT2D eigenvalue weighted by Crippen LogP contribution is 2.50. The van der Waals surface area contributed by atoms with E-state index in [1.807, 2.05) is 0 Å². The fourth-order valence-corrected chi connectivity index (χ4v) is 8.13. The molecule has 1 aromatic rings. The zero-order valence-electron chi connectivity index (χ0n) is 30.0. The quantitative estimate of drug-likeness (QED) is 0.115. The summed E-state index contributed by atoms with van der Waals surface area (Å²) >= 11 is 0. The number of allylic oxidation sites excluding steroid dienone is 8. The van der Waals surface area contributed by atoms with Gasteiger partial charge < -0.3 is 14.6 Å². The Bertz CT molecular complexity index is 1530. The Kier molecular flexibility index (Phi) is 10.6. The van der Waals surface area contributed by atoms with Crippen molar-refractivity contribution in [2.24, 2.45) is 10.8 Å². The largest absolute Gasteiger partial charge is 0.390 e. The smallest absolute Gasteiger partial charge is 0.206 e. The van der Waals surface area contributed by atoms with E-state index >= 15 is 0 Å². The third kappa shape index (κ3) is 8.01. The van der Waals surface area contributed by atoms with Crippen molar-refractivity contribution in [2.45, 2.75) is 132 Å². The van der Waals surface area contributed by atoms with E-state index < -0.39 is 0 Å². The second-order valence-corrected chi connectivity index (χ2v) is 15.5. The van der Waals surface area contributed by atoms with E-state index in [1.54, 1.807) is 0 Å². The lowest BCUT2D eigenvalue weighted by atomic mass is 9.71. The van der Waals surface area contributed by atoms with E-state index in [-0.39, 0.29) is 41.9 Å². The zero-order chi connectivity index (χ0) is 33.2. The number of hydrogen-bond acceptors (Lipinski definition) is 3. The van der Waals surface area contributed by atoms with Crippen LogP contribution in [0.2, 0.25) is 0 Å². The van der Waals surface area contributed by atoms with Crippen molar-refractivity contribution in [3.63, 3.8) is 0 Å². The van der Waals surface area contributed by atoms with Crippen LogP contribution in [0.4, 0.5) is 0 Å². The van der Waals surface area contributed by atoms with Crippen molar-refractivity contribution >= 4 is 12.2 Å². The van der Waals surface area contributed by atoms with Crippen LogP contribution in [0.5, 0.6) is 0 Å². The average Bonchev–Trinajstić information content (AvgIpc) is 3.90. The van der Waals surface area contributed by atoms with Crippen LogP contribution in [0.15, 0.2) is 87.7 Å². The third-order valence-electron chi connectivity index (χ3n) is 10.7. The summed E-state index contributed by atoms with van der Waals surface area (Å²) < 4.78 is 14.6. The summed E-state index contributed by atoms with van der Waals surface area (Å²) in [5.41, 5.74) is 12.5. The normalized spacial score (nSPS) is 28.5. The lowest BCUT2D eigenvalue weighted by molar-refractivity contribution is -0.699. The molecular formula is C42H58NO3+. The molecule has 0 spiro atoms. The minimum Gasteiger partial charge on any atom is -0.390 e. The molecule has 0 aromatic carbocycles. The lowest BCUT2D eigenvalue weighted by Gasteiger charge is -2.34. The van der Waals surface area contributed by atoms with Crippen LogP contribution >= 0.6 is 0 Å². The van der Waals surface area contributed by atoms with Gasteiger partial charge >= 0.3 is 0 Å². The molecule has 248 valence electrons. The maximum absolute atomic E-state index is 9.68. The van der Waals surface area contributed by atoms with Crippen LogP contribution < -0.4 is 4.57 Å². The molecule has 4 atom stereocenters. The molecule has 1 N–H and O–H groups in total. The fraction of sp³-hybridized carbons (Fsp3) is 0.548. The number of ether oxygens (including phenoxy) is 2. The molecule has 46 heavy (non-hydrogen) atoms. The van der Waals surface area contributed by atoms with E-state index in [0.717, 1.165) is 16.8 Å². The molecule has 2 fully saturated rings. The van der Waals surface area contributed by atoms with Gasteiger partial charge in [-0.25, -0.2) is 0 Å². The van der Waals surface area contributed by atoms with Crippen molar-refractivity contribution in [1.82, 2.24) is 0 Å². The topological polar surface area (TPSA) is 49.2 Å². The second kappa shape index (κ2) is 14.1. The van der Waals surface area contributed by atoms with E-state index in [0.29, 0.717) is 6.54 Å². The number of hydrogen-bond donors (Lipinski definition) is 1. The van der Waals surface area contributed by atoms with Crippen molar-refractivity contribution in [2.75, 3.05) is 6.61 Å². The van der Waals surface area contributed by atoms with E-state index in [9.17, 15) is 5.11 Å². The molecule has 4 aliphatic rings. The molecular weight excluding hydrogens is 566 g/mol. The Balaban J connectivity index is 1.23. The highest BCUT2D eigenvalue weighted by atomic mass is 16.6. The van der Waals surface area contributed by atoms with Crippen LogP contribution in [0.3, 0.4) is 0 Å². The molecule has 0 saturated carbocycles. The average molecular weight is 625 g/mol. The van der Waals surface area contributed by atoms with Gasteiger partial charge in [-0.1, -0.05) is 75.3 Å². The fourth-order valence-electron chi connectivity index (χ4n) is 8.13. The van der Waals surface area contributed by atoms with Gasteiger partial charge in [0.2, 0.25) is 5.69 Å². The lowest BCUT2D eigenvalue weighted by Crippen LogP contribution is -2.38. The molecule has 0 radical (unpaired) electrons. The minimum absolute atomic E-state index is 0.101. The number of rotatable bonds is 11. The number of nitrogens with zero attached hydrogens (tertiary/aromatic N) is 1. The summed E-state index contributed by atoms with van der Waals surface area (Å²) in [4.78, 5) is 0. The second-order valence-electron chi connectivity index (χ2n) is 15.5. The Morgan fingerprint density at radius 2 is 1.41 bits per heavy atom. The van der Waals surface area contributed by atoms with Crippen LogP contribution in [-0.2, 0) is 16.0 Å². The first-order chi connectivity index (χ1) is 21.8. The van der Waals surface area contributed by atoms with Crippen molar-refractivity contribution in [3.05, 3.63) is 99.0 Å². The number of aliphatic hydroxyl groups is 1. The predicted octanol–water partition coefficient (Wildman–Crippen LogP) is 9.42. The molecule has 2 aliphatic heterocycles. The monoisotopic (exact) mass is 624 g/mol. The summed E-state index contributed by atoms with van der Waals surface area (Å²) in [6.45, 7) is 21.2. The first kappa shape index (κ1) is 34.5. The van der Waals surface area contributed by atoms with Crippen LogP contribution in [0.25, 0.3) is 12.2 Å². The molecule has 0 amide bonds. The van der Waals surface area contributed by atoms with Crippen LogP contribution in [0.1, 0.15) is 112 Å². The zero-order valence-corrected chi connectivity index (χ0v) is 30.0. The Labute approximate surface area is 279 Å². The highest BCUT2D eigenvalue weighted by Gasteiger charge is 2.49. The molecule has 1 aromatic heterocycles. The van der Waals surface area contributed by atoms with E-state index in [4.69, 9.17) is 9.47 Å². The highest BCUT2D eigenvalue weighted by molar-refractivity contribution is 5.57. The molecule has 2 aliphatic carbocycles. The van der Waals surface area contributed by atoms with Gasteiger partial charge in [0.1, 0.15) is 31.0 Å². The molecule has 5 rings (SSSR count). The maximum Gasteiger partial charge on any atom is 0.206 e. The summed E-state index contributed by atoms with van der Waals surface area (Å²) in [5, 5.41) is 9.68. The van der Waals surface area contributed by atoms with Gasteiger partial charge in [-0.05, 0) is 117 Å². The SMILES string of the molecule is CC1=C(C2OC2/C(C)=C/C=C/C(C)=C/c2cc(/C=C/C=C(\C)C3OC3C3=C(C)CCCC3(C)C)cc[n+]2CCO)C(C)(C)CCC1. The molecule has 4 nitrogen and oxygen atoms in total. The van der Waals surface area contributed by atoms with Gasteiger partial charge in [0.25, 0.3) is 0 Å². The van der Waals surface area contributed by atoms with Crippen LogP contribution in [-0.4, -0.2) is 36.1 Å². The van der Waals surface area contributed by atoms with Crippen LogP contribution in [0, 0.1) is 10.8 Å². The van der Waals surface area contributed by atoms with Crippen molar-refractivity contribution in [1.29, 1.82) is 0 Å². The standard InChI is InChI=1S/C42H58NO3/c1-28(14-10-15-31(4)37-39(45-37)35-29(2)17-12-21-41(35,6)7)26-34-27-33(20-23-43(34)24-25-44)19-11-16-32(5)38-40(46-38)36-30(3)18-13-22-42(36,8)9/h10-11,14-16,19-20,23,26-27,37-40,44H,12-13,17-18,21-22,24-25H2,1-9H3/q+1/b14-10+,19-11+,28-26+,31-15+,32-16+. The number of pyridine rings is 1. The molecule has 3 heterocycles. The summed E-state index contributed by atoms with van der Waals surface area (Å²) in [7, 11) is 0. The van der Waals surface area contributed by atoms with Gasteiger partial charge in [0.05, 0.1) is 0 Å². The summed E-state index contributed by atoms with van der Waals surface area (Å²) in [6.07, 6.45) is 25.6. The van der Waals surface area contributed by atoms with Gasteiger partial charge in [0.15, 0.2) is 12.7 Å². The maximum atomic E-state index is 9.68. The van der Waals surface area contributed by atoms with E-state index in [1.165, 1.54) is 72.0 Å². The first-order valence-corrected chi connectivity index (χ1v) is 17.6. The number of aromatic nitrogens is 1. The van der Waals surface area contributed by atoms with Gasteiger partial charge in [-0.3, -0.25) is 0 Å². The Morgan fingerprint density at radius 1 is 0.870 bits per heavy atom. The van der Waals surface area contributed by atoms with Gasteiger partial charge in [-0.15, -0.1) is 0 Å². The van der Waals surface area contributed by atoms with Gasteiger partial charge in [0, 0.05) is 18.2 Å². The van der Waals surface area contributed by atoms with Gasteiger partial charge in [-0.2, -0.15) is 4.57 Å². The van der Waals surface area contributed by atoms with Crippen molar-refractivity contribution in [3.8, 4) is 0 Å². The third-order valence-corrected chi connectivity index (χ3v) is 10.7. The summed E-state index contributed by atoms with van der Waals surface area (Å²) in [6, 6.07) is 4.30. The summed E-state index contributed by atoms with van der Waals surface area (Å²) in [5.74, 6) is 0. The number of aliphatic hydroxyl groups excluding tert-OH is 1. The molecule has 2 saturated heterocycles. The van der Waals surface area contributed by atoms with E-state index in [2.05, 4.69) is 128 Å². The van der Waals surface area contributed by atoms with Crippen molar-refractivity contribution < 1.29 is 19.1 Å². The number of epoxide rings is 2. The molecule has 4 unspecified atom stereocenters. The minimum atomic E-state index is 0.101. The molecule has 0 bridgehead atoms. The predicted molar refractivity (Wildman–Crippen MR) is 191 cm³/mol. The Hall–Kier alpha value is -2.79. The first-order valence-electron chi connectivity index (χ1n) is 17.6. The molecule has 4 heteroatoms. The Morgan fingerprint density at radius 3 is 1.93 bits per heavy atom.